The van der Waals surface area contributed by atoms with Crippen LogP contribution in [0, 0.1) is 17.8 Å². The Morgan fingerprint density at radius 1 is 1.18 bits per heavy atom. The van der Waals surface area contributed by atoms with Crippen LogP contribution >= 0.6 is 0 Å². The summed E-state index contributed by atoms with van der Waals surface area (Å²) in [6.45, 7) is 3.49. The molecule has 17 heavy (non-hydrogen) atoms. The lowest BCUT2D eigenvalue weighted by Crippen LogP contribution is -2.56. The molecule has 0 aromatic rings. The van der Waals surface area contributed by atoms with Crippen molar-refractivity contribution < 1.29 is 9.59 Å². The molecule has 3 heteroatoms. The highest BCUT2D eigenvalue weighted by atomic mass is 16.2. The van der Waals surface area contributed by atoms with Crippen LogP contribution in [0.15, 0.2) is 0 Å². The second-order valence-electron chi connectivity index (χ2n) is 5.89. The van der Waals surface area contributed by atoms with Gasteiger partial charge in [-0.3, -0.25) is 14.5 Å². The Bertz CT molecular complexity index is 377. The predicted octanol–water partition coefficient (Wildman–Crippen LogP) is 2.11. The highest BCUT2D eigenvalue weighted by Crippen LogP contribution is 2.47. The molecule has 2 fully saturated rings. The van der Waals surface area contributed by atoms with E-state index in [0.29, 0.717) is 12.8 Å². The van der Waals surface area contributed by atoms with Crippen molar-refractivity contribution in [2.75, 3.05) is 0 Å². The van der Waals surface area contributed by atoms with Gasteiger partial charge in [0.25, 0.3) is 0 Å². The van der Waals surface area contributed by atoms with E-state index in [-0.39, 0.29) is 17.2 Å². The van der Waals surface area contributed by atoms with Crippen molar-refractivity contribution in [1.29, 1.82) is 0 Å². The van der Waals surface area contributed by atoms with Gasteiger partial charge in [0.2, 0.25) is 11.8 Å². The molecule has 1 saturated heterocycles. The Labute approximate surface area is 103 Å². The van der Waals surface area contributed by atoms with Gasteiger partial charge in [0.1, 0.15) is 5.54 Å². The molecule has 1 aliphatic carbocycles. The molecule has 1 aliphatic heterocycles. The van der Waals surface area contributed by atoms with E-state index in [9.17, 15) is 9.59 Å². The van der Waals surface area contributed by atoms with Crippen molar-refractivity contribution in [1.82, 2.24) is 4.90 Å². The molecule has 92 valence electrons. The van der Waals surface area contributed by atoms with Gasteiger partial charge in [0.15, 0.2) is 0 Å². The number of likely N-dealkylation sites (tertiary alicyclic amines) is 1. The highest BCUT2D eigenvalue weighted by Gasteiger charge is 2.48. The van der Waals surface area contributed by atoms with Gasteiger partial charge in [0.05, 0.1) is 0 Å². The fourth-order valence-electron chi connectivity index (χ4n) is 3.17. The van der Waals surface area contributed by atoms with E-state index in [0.717, 1.165) is 25.7 Å². The first-order valence-electron chi connectivity index (χ1n) is 6.24. The zero-order valence-corrected chi connectivity index (χ0v) is 10.6. The maximum Gasteiger partial charge on any atom is 0.231 e. The fourth-order valence-corrected chi connectivity index (χ4v) is 3.17. The van der Waals surface area contributed by atoms with Crippen molar-refractivity contribution in [3.05, 3.63) is 0 Å². The summed E-state index contributed by atoms with van der Waals surface area (Å²) in [6, 6.07) is 0. The Morgan fingerprint density at radius 2 is 1.65 bits per heavy atom. The number of rotatable bonds is 1. The molecular weight excluding hydrogens is 214 g/mol. The number of hydrogen-bond acceptors (Lipinski definition) is 2. The van der Waals surface area contributed by atoms with Gasteiger partial charge in [-0.15, -0.1) is 6.42 Å². The van der Waals surface area contributed by atoms with Crippen LogP contribution in [0.3, 0.4) is 0 Å². The second-order valence-corrected chi connectivity index (χ2v) is 5.89. The Kier molecular flexibility index (Phi) is 2.77. The van der Waals surface area contributed by atoms with Gasteiger partial charge in [-0.1, -0.05) is 18.8 Å². The molecule has 1 spiro atoms. The minimum absolute atomic E-state index is 0.0463. The molecule has 2 rings (SSSR count). The Hall–Kier alpha value is -1.30. The minimum Gasteiger partial charge on any atom is -0.274 e. The molecule has 0 unspecified atom stereocenters. The quantitative estimate of drug-likeness (QED) is 0.514. The maximum atomic E-state index is 12.2. The zero-order valence-electron chi connectivity index (χ0n) is 10.6. The predicted molar refractivity (Wildman–Crippen MR) is 64.9 cm³/mol. The van der Waals surface area contributed by atoms with Crippen molar-refractivity contribution in [3.63, 3.8) is 0 Å². The first-order valence-corrected chi connectivity index (χ1v) is 6.24. The summed E-state index contributed by atoms with van der Waals surface area (Å²) in [5.41, 5.74) is -0.844. The summed E-state index contributed by atoms with van der Waals surface area (Å²) in [5, 5.41) is 0. The molecule has 2 aliphatic rings. The monoisotopic (exact) mass is 233 g/mol. The van der Waals surface area contributed by atoms with Gasteiger partial charge in [0, 0.05) is 12.8 Å². The third kappa shape index (κ3) is 1.97. The maximum absolute atomic E-state index is 12.2. The molecule has 1 saturated carbocycles. The van der Waals surface area contributed by atoms with E-state index in [4.69, 9.17) is 6.42 Å². The summed E-state index contributed by atoms with van der Waals surface area (Å²) in [7, 11) is 0. The van der Waals surface area contributed by atoms with Crippen LogP contribution in [-0.2, 0) is 9.59 Å². The van der Waals surface area contributed by atoms with Crippen molar-refractivity contribution in [3.8, 4) is 12.3 Å². The first kappa shape index (κ1) is 12.2. The van der Waals surface area contributed by atoms with Gasteiger partial charge in [-0.05, 0) is 32.1 Å². The molecule has 3 nitrogen and oxygen atoms in total. The number of carbonyl (C=O) groups excluding carboxylic acids is 2. The van der Waals surface area contributed by atoms with Crippen LogP contribution in [0.1, 0.15) is 52.4 Å². The van der Waals surface area contributed by atoms with Crippen molar-refractivity contribution in [2.24, 2.45) is 5.41 Å². The third-order valence-corrected chi connectivity index (χ3v) is 4.13. The molecular formula is C14H19NO2. The zero-order chi connectivity index (χ0) is 12.7. The largest absolute Gasteiger partial charge is 0.274 e. The molecule has 0 N–H and O–H groups in total. The van der Waals surface area contributed by atoms with Crippen LogP contribution in [0.25, 0.3) is 0 Å². The standard InChI is InChI=1S/C14H19NO2/c1-4-13(2,3)15-11(16)9-14(10-12(15)17)7-5-6-8-14/h1H,5-10H2,2-3H3. The van der Waals surface area contributed by atoms with E-state index in [1.54, 1.807) is 13.8 Å². The lowest BCUT2D eigenvalue weighted by atomic mass is 9.75. The first-order chi connectivity index (χ1) is 7.90. The van der Waals surface area contributed by atoms with Crippen LogP contribution < -0.4 is 0 Å². The average molecular weight is 233 g/mol. The van der Waals surface area contributed by atoms with E-state index >= 15 is 0 Å². The minimum atomic E-state index is -0.797. The average Bonchev–Trinajstić information content (AvgIpc) is 2.64. The summed E-state index contributed by atoms with van der Waals surface area (Å²) in [5.74, 6) is 2.35. The topological polar surface area (TPSA) is 37.4 Å². The summed E-state index contributed by atoms with van der Waals surface area (Å²) < 4.78 is 0. The third-order valence-electron chi connectivity index (χ3n) is 4.13. The molecule has 0 radical (unpaired) electrons. The number of amides is 2. The van der Waals surface area contributed by atoms with Crippen molar-refractivity contribution in [2.45, 2.75) is 57.9 Å². The van der Waals surface area contributed by atoms with E-state index in [2.05, 4.69) is 5.92 Å². The van der Waals surface area contributed by atoms with E-state index in [1.165, 1.54) is 4.90 Å². The van der Waals surface area contributed by atoms with Crippen LogP contribution in [0.4, 0.5) is 0 Å². The fraction of sp³-hybridized carbons (Fsp3) is 0.714. The number of hydrogen-bond donors (Lipinski definition) is 0. The van der Waals surface area contributed by atoms with Gasteiger partial charge in [-0.25, -0.2) is 0 Å². The van der Waals surface area contributed by atoms with Gasteiger partial charge >= 0.3 is 0 Å². The Balaban J connectivity index is 2.23. The number of carbonyl (C=O) groups is 2. The lowest BCUT2D eigenvalue weighted by molar-refractivity contribution is -0.157. The van der Waals surface area contributed by atoms with Gasteiger partial charge in [-0.2, -0.15) is 0 Å². The van der Waals surface area contributed by atoms with Crippen LogP contribution in [-0.4, -0.2) is 22.3 Å². The smallest absolute Gasteiger partial charge is 0.231 e. The Morgan fingerprint density at radius 3 is 2.06 bits per heavy atom. The molecule has 1 heterocycles. The SMILES string of the molecule is C#CC(C)(C)N1C(=O)CC2(CCCC2)CC1=O. The number of nitrogens with zero attached hydrogens (tertiary/aromatic N) is 1. The summed E-state index contributed by atoms with van der Waals surface area (Å²) >= 11 is 0. The normalized spacial score (nSPS) is 24.2. The van der Waals surface area contributed by atoms with E-state index in [1.807, 2.05) is 0 Å². The molecule has 0 atom stereocenters. The number of imide groups is 1. The van der Waals surface area contributed by atoms with Crippen molar-refractivity contribution >= 4 is 11.8 Å². The molecule has 0 aromatic carbocycles. The van der Waals surface area contributed by atoms with Gasteiger partial charge < -0.3 is 0 Å². The molecule has 0 bridgehead atoms. The number of piperidine rings is 1. The molecule has 2 amide bonds. The van der Waals surface area contributed by atoms with Crippen LogP contribution in [0.2, 0.25) is 0 Å². The molecule has 0 aromatic heterocycles. The van der Waals surface area contributed by atoms with E-state index < -0.39 is 5.54 Å². The highest BCUT2D eigenvalue weighted by molar-refractivity contribution is 5.99. The van der Waals surface area contributed by atoms with Crippen LogP contribution in [0.5, 0.6) is 0 Å². The summed E-state index contributed by atoms with van der Waals surface area (Å²) in [6.07, 6.45) is 10.7. The summed E-state index contributed by atoms with van der Waals surface area (Å²) in [4.78, 5) is 25.7. The second kappa shape index (κ2) is 3.87. The lowest BCUT2D eigenvalue weighted by Gasteiger charge is -2.42. The number of terminal acetylenes is 1.